The molecule has 17 heavy (non-hydrogen) atoms. The van der Waals surface area contributed by atoms with Crippen LogP contribution in [0.4, 0.5) is 0 Å². The summed E-state index contributed by atoms with van der Waals surface area (Å²) in [5.74, 6) is -0.602. The average Bonchev–Trinajstić information content (AvgIpc) is 2.80. The van der Waals surface area contributed by atoms with Gasteiger partial charge in [0.1, 0.15) is 18.3 Å². The predicted molar refractivity (Wildman–Crippen MR) is 57.6 cm³/mol. The molecule has 2 atom stereocenters. The molecular weight excluding hydrogens is 224 g/mol. The zero-order valence-corrected chi connectivity index (χ0v) is 9.07. The molecule has 2 heterocycles. The molecule has 6 heteroatoms. The van der Waals surface area contributed by atoms with Crippen molar-refractivity contribution in [1.29, 1.82) is 0 Å². The fourth-order valence-corrected chi connectivity index (χ4v) is 1.79. The van der Waals surface area contributed by atoms with Crippen LogP contribution in [0, 0.1) is 0 Å². The van der Waals surface area contributed by atoms with Crippen molar-refractivity contribution >= 4 is 18.0 Å². The van der Waals surface area contributed by atoms with Gasteiger partial charge >= 0.3 is 5.97 Å². The number of hydrogen-bond donors (Lipinski definition) is 2. The summed E-state index contributed by atoms with van der Waals surface area (Å²) < 4.78 is 5.10. The summed E-state index contributed by atoms with van der Waals surface area (Å²) in [5.41, 5.74) is 3.70. The highest BCUT2D eigenvalue weighted by Crippen LogP contribution is 2.19. The van der Waals surface area contributed by atoms with Crippen molar-refractivity contribution in [2.24, 2.45) is 0 Å². The van der Waals surface area contributed by atoms with Crippen molar-refractivity contribution in [1.82, 2.24) is 4.90 Å². The number of carboxylic acids is 1. The van der Waals surface area contributed by atoms with E-state index in [0.717, 1.165) is 0 Å². The van der Waals surface area contributed by atoms with Crippen LogP contribution in [0.2, 0.25) is 0 Å². The van der Waals surface area contributed by atoms with E-state index in [1.807, 2.05) is 0 Å². The van der Waals surface area contributed by atoms with Crippen LogP contribution in [0.25, 0.3) is 6.08 Å². The SMILES string of the molecule is [NH3+][C@H]1C(=O)N(CC(=O)O)C1/C=C/c1ccco1. The monoisotopic (exact) mass is 237 g/mol. The molecule has 4 N–H and O–H groups in total. The molecule has 0 aromatic carbocycles. The lowest BCUT2D eigenvalue weighted by atomic mass is 9.95. The molecule has 90 valence electrons. The molecule has 0 bridgehead atoms. The average molecular weight is 237 g/mol. The number of likely N-dealkylation sites (tertiary alicyclic amines) is 1. The van der Waals surface area contributed by atoms with Gasteiger partial charge in [0.25, 0.3) is 5.91 Å². The fraction of sp³-hybridized carbons (Fsp3) is 0.273. The normalized spacial score (nSPS) is 24.1. The van der Waals surface area contributed by atoms with Gasteiger partial charge in [-0.05, 0) is 18.2 Å². The molecular formula is C11H13N2O4+. The summed E-state index contributed by atoms with van der Waals surface area (Å²) in [6, 6.07) is 2.84. The highest BCUT2D eigenvalue weighted by molar-refractivity contribution is 5.91. The Labute approximate surface area is 97.3 Å². The van der Waals surface area contributed by atoms with Crippen LogP contribution < -0.4 is 5.73 Å². The van der Waals surface area contributed by atoms with E-state index in [4.69, 9.17) is 9.52 Å². The number of rotatable bonds is 4. The molecule has 6 nitrogen and oxygen atoms in total. The minimum absolute atomic E-state index is 0.235. The number of carbonyl (C=O) groups excluding carboxylic acids is 1. The molecule has 1 unspecified atom stereocenters. The molecule has 0 spiro atoms. The van der Waals surface area contributed by atoms with Crippen molar-refractivity contribution in [3.8, 4) is 0 Å². The van der Waals surface area contributed by atoms with Gasteiger partial charge in [0.05, 0.1) is 6.26 Å². The van der Waals surface area contributed by atoms with Gasteiger partial charge in [0.2, 0.25) is 0 Å². The van der Waals surface area contributed by atoms with E-state index in [1.54, 1.807) is 30.5 Å². The summed E-state index contributed by atoms with van der Waals surface area (Å²) in [6.07, 6.45) is 4.99. The highest BCUT2D eigenvalue weighted by atomic mass is 16.4. The first-order valence-corrected chi connectivity index (χ1v) is 5.16. The first-order valence-electron chi connectivity index (χ1n) is 5.16. The quantitative estimate of drug-likeness (QED) is 0.670. The maximum absolute atomic E-state index is 11.4. The van der Waals surface area contributed by atoms with E-state index < -0.39 is 12.0 Å². The topological polar surface area (TPSA) is 98.4 Å². The van der Waals surface area contributed by atoms with E-state index in [-0.39, 0.29) is 18.5 Å². The Hall–Kier alpha value is -2.08. The van der Waals surface area contributed by atoms with Crippen molar-refractivity contribution in [2.75, 3.05) is 6.54 Å². The highest BCUT2D eigenvalue weighted by Gasteiger charge is 2.47. The van der Waals surface area contributed by atoms with Crippen LogP contribution in [0.1, 0.15) is 5.76 Å². The second kappa shape index (κ2) is 4.42. The summed E-state index contributed by atoms with van der Waals surface area (Å²) in [5, 5.41) is 8.67. The Bertz CT molecular complexity index is 452. The standard InChI is InChI=1S/C11H12N2O4/c12-10-8(4-3-7-2-1-5-17-7)13(11(10)16)6-9(14)15/h1-5,8,10H,6,12H2,(H,14,15)/p+1/b4-3+/t8?,10-/m1/s1. The molecule has 2 rings (SSSR count). The number of carbonyl (C=O) groups is 2. The number of nitrogens with zero attached hydrogens (tertiary/aromatic N) is 1. The molecule has 1 aromatic heterocycles. The lowest BCUT2D eigenvalue weighted by Crippen LogP contribution is -2.83. The van der Waals surface area contributed by atoms with Gasteiger partial charge in [-0.3, -0.25) is 9.59 Å². The van der Waals surface area contributed by atoms with E-state index in [9.17, 15) is 9.59 Å². The third kappa shape index (κ3) is 2.21. The molecule has 1 fully saturated rings. The van der Waals surface area contributed by atoms with Crippen molar-refractivity contribution in [2.45, 2.75) is 12.1 Å². The number of quaternary nitrogens is 1. The number of amides is 1. The Morgan fingerprint density at radius 2 is 2.41 bits per heavy atom. The van der Waals surface area contributed by atoms with Crippen LogP contribution in [0.15, 0.2) is 28.9 Å². The third-order valence-corrected chi connectivity index (χ3v) is 2.68. The lowest BCUT2D eigenvalue weighted by molar-refractivity contribution is -0.429. The Morgan fingerprint density at radius 3 is 3.00 bits per heavy atom. The second-order valence-electron chi connectivity index (χ2n) is 3.83. The van der Waals surface area contributed by atoms with Crippen molar-refractivity contribution in [3.63, 3.8) is 0 Å². The fourth-order valence-electron chi connectivity index (χ4n) is 1.79. The zero-order chi connectivity index (χ0) is 12.4. The molecule has 1 aliphatic rings. The minimum atomic E-state index is -1.03. The Morgan fingerprint density at radius 1 is 1.65 bits per heavy atom. The maximum Gasteiger partial charge on any atom is 0.323 e. The number of hydrogen-bond acceptors (Lipinski definition) is 3. The van der Waals surface area contributed by atoms with Gasteiger partial charge in [-0.1, -0.05) is 6.08 Å². The molecule has 0 saturated carbocycles. The smallest absolute Gasteiger partial charge is 0.323 e. The summed E-state index contributed by atoms with van der Waals surface area (Å²) in [6.45, 7) is -0.294. The molecule has 1 saturated heterocycles. The van der Waals surface area contributed by atoms with Gasteiger partial charge in [-0.15, -0.1) is 0 Å². The lowest BCUT2D eigenvalue weighted by Gasteiger charge is -2.39. The molecule has 1 aliphatic heterocycles. The predicted octanol–water partition coefficient (Wildman–Crippen LogP) is -0.801. The molecule has 1 aromatic rings. The molecule has 0 aliphatic carbocycles. The number of carboxylic acid groups (broad SMARTS) is 1. The maximum atomic E-state index is 11.4. The largest absolute Gasteiger partial charge is 0.480 e. The van der Waals surface area contributed by atoms with Gasteiger partial charge in [-0.25, -0.2) is 0 Å². The van der Waals surface area contributed by atoms with Crippen LogP contribution in [-0.4, -0.2) is 40.5 Å². The number of aliphatic carboxylic acids is 1. The van der Waals surface area contributed by atoms with Crippen LogP contribution >= 0.6 is 0 Å². The Balaban J connectivity index is 2.04. The number of β-lactam (4-membered cyclic amide) rings is 1. The first kappa shape index (κ1) is 11.4. The van der Waals surface area contributed by atoms with Crippen LogP contribution in [-0.2, 0) is 9.59 Å². The summed E-state index contributed by atoms with van der Waals surface area (Å²) in [4.78, 5) is 23.3. The van der Waals surface area contributed by atoms with Crippen LogP contribution in [0.5, 0.6) is 0 Å². The van der Waals surface area contributed by atoms with Gasteiger partial charge in [0, 0.05) is 0 Å². The van der Waals surface area contributed by atoms with E-state index in [1.165, 1.54) is 4.90 Å². The third-order valence-electron chi connectivity index (χ3n) is 2.68. The first-order chi connectivity index (χ1) is 8.09. The molecule has 0 radical (unpaired) electrons. The summed E-state index contributed by atoms with van der Waals surface area (Å²) >= 11 is 0. The number of furan rings is 1. The second-order valence-corrected chi connectivity index (χ2v) is 3.83. The minimum Gasteiger partial charge on any atom is -0.480 e. The van der Waals surface area contributed by atoms with E-state index in [2.05, 4.69) is 5.73 Å². The van der Waals surface area contributed by atoms with Gasteiger partial charge in [0.15, 0.2) is 6.04 Å². The zero-order valence-electron chi connectivity index (χ0n) is 9.07. The Kier molecular flexibility index (Phi) is 2.97. The molecule has 1 amide bonds. The summed E-state index contributed by atoms with van der Waals surface area (Å²) in [7, 11) is 0. The van der Waals surface area contributed by atoms with E-state index in [0.29, 0.717) is 5.76 Å². The van der Waals surface area contributed by atoms with E-state index >= 15 is 0 Å². The van der Waals surface area contributed by atoms with Crippen molar-refractivity contribution < 1.29 is 24.8 Å². The van der Waals surface area contributed by atoms with Crippen molar-refractivity contribution in [3.05, 3.63) is 30.2 Å². The van der Waals surface area contributed by atoms with Crippen LogP contribution in [0.3, 0.4) is 0 Å². The van der Waals surface area contributed by atoms with Gasteiger partial charge in [-0.2, -0.15) is 0 Å². The van der Waals surface area contributed by atoms with Gasteiger partial charge < -0.3 is 20.2 Å².